The average Bonchev–Trinajstić information content (AvgIpc) is 3.35. The van der Waals surface area contributed by atoms with Gasteiger partial charge in [-0.2, -0.15) is 0 Å². The van der Waals surface area contributed by atoms with Crippen molar-refractivity contribution in [1.29, 1.82) is 0 Å². The van der Waals surface area contributed by atoms with Gasteiger partial charge in [0.2, 0.25) is 11.2 Å². The van der Waals surface area contributed by atoms with E-state index in [1.54, 1.807) is 0 Å². The molecule has 1 heterocycles. The minimum Gasteiger partial charge on any atom is -0.508 e. The van der Waals surface area contributed by atoms with Crippen LogP contribution in [-0.2, 0) is 16.0 Å². The zero-order valence-corrected chi connectivity index (χ0v) is 25.7. The van der Waals surface area contributed by atoms with Crippen LogP contribution in [-0.4, -0.2) is 42.7 Å². The lowest BCUT2D eigenvalue weighted by Crippen LogP contribution is -2.45. The number of benzene rings is 3. The summed E-state index contributed by atoms with van der Waals surface area (Å²) in [4.78, 5) is 24.0. The Kier molecular flexibility index (Phi) is 8.00. The second kappa shape index (κ2) is 11.8. The Bertz CT molecular complexity index is 1880. The highest BCUT2D eigenvalue weighted by molar-refractivity contribution is 5.88. The van der Waals surface area contributed by atoms with Crippen LogP contribution in [0.5, 0.6) is 34.5 Å². The number of aromatic hydroxyl groups is 6. The maximum Gasteiger partial charge on any atom is 0.305 e. The summed E-state index contributed by atoms with van der Waals surface area (Å²) < 4.78 is 11.2. The number of phenols is 5. The van der Waals surface area contributed by atoms with Gasteiger partial charge in [-0.3, -0.25) is 9.59 Å². The molecule has 242 valence electrons. The SMILES string of the molecule is CCC(=O)OC1CCC2C3CCc4cc(O)ccc4C3CCC12C.O=c1c(O)c(-c2ccc(O)c(O)c2)oc2cc(O)cc(O)c12. The number of hydrogen-bond donors (Lipinski definition) is 6. The topological polar surface area (TPSA) is 178 Å². The number of carbonyl (C=O) groups excluding carboxylic acids is 1. The fourth-order valence-corrected chi connectivity index (χ4v) is 8.09. The van der Waals surface area contributed by atoms with E-state index in [2.05, 4.69) is 13.0 Å². The van der Waals surface area contributed by atoms with Gasteiger partial charge in [0.15, 0.2) is 17.3 Å². The molecule has 3 aliphatic rings. The number of esters is 1. The Labute approximate surface area is 265 Å². The summed E-state index contributed by atoms with van der Waals surface area (Å²) in [5.41, 5.74) is 2.06. The number of ether oxygens (including phenoxy) is 1. The maximum atomic E-state index is 12.1. The second-order valence-corrected chi connectivity index (χ2v) is 12.9. The molecule has 0 aliphatic heterocycles. The molecule has 10 heteroatoms. The molecule has 0 amide bonds. The first-order valence-corrected chi connectivity index (χ1v) is 15.7. The summed E-state index contributed by atoms with van der Waals surface area (Å²) in [6.45, 7) is 4.24. The van der Waals surface area contributed by atoms with Crippen LogP contribution in [0.1, 0.15) is 69.4 Å². The molecular formula is C36H38O10. The van der Waals surface area contributed by atoms with Crippen molar-refractivity contribution >= 4 is 16.9 Å². The first-order valence-electron chi connectivity index (χ1n) is 15.7. The first kappa shape index (κ1) is 31.1. The third-order valence-corrected chi connectivity index (χ3v) is 10.4. The van der Waals surface area contributed by atoms with Crippen LogP contribution < -0.4 is 5.43 Å². The van der Waals surface area contributed by atoms with Crippen molar-refractivity contribution in [2.75, 3.05) is 0 Å². The zero-order valence-electron chi connectivity index (χ0n) is 25.7. The van der Waals surface area contributed by atoms with Gasteiger partial charge in [0.1, 0.15) is 34.3 Å². The molecule has 5 atom stereocenters. The van der Waals surface area contributed by atoms with Gasteiger partial charge in [-0.05, 0) is 97.7 Å². The maximum absolute atomic E-state index is 12.1. The molecular weight excluding hydrogens is 592 g/mol. The molecule has 0 spiro atoms. The molecule has 3 aliphatic carbocycles. The number of carbonyl (C=O) groups is 1. The smallest absolute Gasteiger partial charge is 0.305 e. The molecule has 5 unspecified atom stereocenters. The van der Waals surface area contributed by atoms with E-state index in [1.807, 2.05) is 19.1 Å². The lowest BCUT2D eigenvalue weighted by atomic mass is 9.55. The van der Waals surface area contributed by atoms with Crippen molar-refractivity contribution in [3.05, 3.63) is 69.9 Å². The summed E-state index contributed by atoms with van der Waals surface area (Å²) in [6, 6.07) is 11.6. The molecule has 2 saturated carbocycles. The van der Waals surface area contributed by atoms with E-state index >= 15 is 0 Å². The Morgan fingerprint density at radius 3 is 2.41 bits per heavy atom. The largest absolute Gasteiger partial charge is 0.508 e. The van der Waals surface area contributed by atoms with Gasteiger partial charge in [0.25, 0.3) is 0 Å². The third kappa shape index (κ3) is 5.35. The van der Waals surface area contributed by atoms with Crippen LogP contribution in [0.2, 0.25) is 0 Å². The minimum atomic E-state index is -0.888. The van der Waals surface area contributed by atoms with Gasteiger partial charge >= 0.3 is 5.97 Å². The van der Waals surface area contributed by atoms with Crippen LogP contribution in [0.15, 0.2) is 57.7 Å². The van der Waals surface area contributed by atoms with Crippen LogP contribution in [0.25, 0.3) is 22.3 Å². The molecule has 6 N–H and O–H groups in total. The van der Waals surface area contributed by atoms with E-state index in [-0.39, 0.29) is 51.3 Å². The molecule has 2 fully saturated rings. The molecule has 4 aromatic rings. The quantitative estimate of drug-likeness (QED) is 0.107. The fourth-order valence-electron chi connectivity index (χ4n) is 8.09. The normalized spacial score (nSPS) is 24.7. The van der Waals surface area contributed by atoms with Crippen molar-refractivity contribution in [2.45, 2.75) is 70.8 Å². The number of rotatable bonds is 3. The third-order valence-electron chi connectivity index (χ3n) is 10.4. The van der Waals surface area contributed by atoms with E-state index in [4.69, 9.17) is 9.15 Å². The first-order chi connectivity index (χ1) is 21.9. The Morgan fingerprint density at radius 2 is 1.67 bits per heavy atom. The second-order valence-electron chi connectivity index (χ2n) is 12.9. The summed E-state index contributed by atoms with van der Waals surface area (Å²) in [5, 5.41) is 57.4. The Balaban J connectivity index is 0.000000162. The predicted molar refractivity (Wildman–Crippen MR) is 169 cm³/mol. The van der Waals surface area contributed by atoms with Crippen molar-refractivity contribution < 1.29 is 44.6 Å². The molecule has 0 bridgehead atoms. The standard InChI is InChI=1S/C21H28O3.C15H10O7/c1-3-20(23)24-19-9-8-18-17-6-4-13-12-14(22)5-7-15(13)16(17)10-11-21(18,19)2;16-7-4-10(19)12-11(5-7)22-15(14(21)13(12)20)6-1-2-8(17)9(18)3-6/h5,7,12,16-19,22H,3-4,6,8-11H2,1-2H3;1-5,16-19,21H. The van der Waals surface area contributed by atoms with Crippen molar-refractivity contribution in [3.8, 4) is 45.8 Å². The molecule has 10 nitrogen and oxygen atoms in total. The Hall–Kier alpha value is -4.86. The van der Waals surface area contributed by atoms with E-state index in [1.165, 1.54) is 36.5 Å². The molecule has 0 radical (unpaired) electrons. The van der Waals surface area contributed by atoms with Gasteiger partial charge in [0.05, 0.1) is 0 Å². The average molecular weight is 631 g/mol. The van der Waals surface area contributed by atoms with E-state index in [0.29, 0.717) is 29.9 Å². The number of hydrogen-bond acceptors (Lipinski definition) is 10. The molecule has 1 aromatic heterocycles. The number of phenolic OH excluding ortho intramolecular Hbond substituents is 5. The lowest BCUT2D eigenvalue weighted by molar-refractivity contribution is -0.157. The van der Waals surface area contributed by atoms with E-state index in [9.17, 15) is 40.2 Å². The Morgan fingerprint density at radius 1 is 0.891 bits per heavy atom. The summed E-state index contributed by atoms with van der Waals surface area (Å²) >= 11 is 0. The highest BCUT2D eigenvalue weighted by atomic mass is 16.5. The molecule has 7 rings (SSSR count). The van der Waals surface area contributed by atoms with E-state index < -0.39 is 22.7 Å². The minimum absolute atomic E-state index is 0.0477. The van der Waals surface area contributed by atoms with Gasteiger partial charge in [-0.1, -0.05) is 19.9 Å². The zero-order chi connectivity index (χ0) is 32.9. The number of aryl methyl sites for hydroxylation is 1. The monoisotopic (exact) mass is 630 g/mol. The highest BCUT2D eigenvalue weighted by Gasteiger charge is 2.56. The summed E-state index contributed by atoms with van der Waals surface area (Å²) in [7, 11) is 0. The fraction of sp³-hybridized carbons (Fsp3) is 0.389. The predicted octanol–water partition coefficient (Wildman–Crippen LogP) is 6.56. The van der Waals surface area contributed by atoms with Crippen molar-refractivity contribution in [3.63, 3.8) is 0 Å². The van der Waals surface area contributed by atoms with E-state index in [0.717, 1.165) is 43.5 Å². The van der Waals surface area contributed by atoms with Gasteiger partial charge in [0, 0.05) is 29.5 Å². The van der Waals surface area contributed by atoms with Crippen LogP contribution in [0.4, 0.5) is 0 Å². The van der Waals surface area contributed by atoms with Gasteiger partial charge in [-0.25, -0.2) is 0 Å². The highest BCUT2D eigenvalue weighted by Crippen LogP contribution is 2.61. The van der Waals surface area contributed by atoms with Crippen molar-refractivity contribution in [2.24, 2.45) is 17.3 Å². The van der Waals surface area contributed by atoms with Crippen LogP contribution >= 0.6 is 0 Å². The van der Waals surface area contributed by atoms with Crippen molar-refractivity contribution in [1.82, 2.24) is 0 Å². The van der Waals surface area contributed by atoms with Gasteiger partial charge in [-0.15, -0.1) is 0 Å². The van der Waals surface area contributed by atoms with Crippen LogP contribution in [0.3, 0.4) is 0 Å². The molecule has 46 heavy (non-hydrogen) atoms. The van der Waals surface area contributed by atoms with Crippen LogP contribution in [0, 0.1) is 17.3 Å². The number of fused-ring (bicyclic) bond motifs is 6. The molecule has 0 saturated heterocycles. The molecule has 3 aromatic carbocycles. The summed E-state index contributed by atoms with van der Waals surface area (Å²) in [5.74, 6) is -0.394. The lowest BCUT2D eigenvalue weighted by Gasteiger charge is -2.50. The summed E-state index contributed by atoms with van der Waals surface area (Å²) in [6.07, 6.45) is 7.38. The van der Waals surface area contributed by atoms with Gasteiger partial charge < -0.3 is 39.8 Å².